The maximum absolute atomic E-state index is 12.2. The summed E-state index contributed by atoms with van der Waals surface area (Å²) in [6.07, 6.45) is -6.55. The number of rotatable bonds is 2. The minimum Gasteiger partial charge on any atom is -0.390 e. The van der Waals surface area contributed by atoms with Gasteiger partial charge < -0.3 is 10.2 Å². The molecule has 0 aliphatic carbocycles. The molecule has 1 rings (SSSR count). The van der Waals surface area contributed by atoms with Crippen molar-refractivity contribution in [3.05, 3.63) is 35.4 Å². The zero-order valence-electron chi connectivity index (χ0n) is 7.99. The fourth-order valence-corrected chi connectivity index (χ4v) is 1.15. The second-order valence-electron chi connectivity index (χ2n) is 3.31. The minimum atomic E-state index is -4.38. The highest BCUT2D eigenvalue weighted by Gasteiger charge is 2.30. The van der Waals surface area contributed by atoms with Crippen LogP contribution in [0.15, 0.2) is 24.3 Å². The lowest BCUT2D eigenvalue weighted by Crippen LogP contribution is -2.14. The third-order valence-electron chi connectivity index (χ3n) is 2.04. The Hall–Kier alpha value is -1.07. The van der Waals surface area contributed by atoms with Gasteiger partial charge in [-0.25, -0.2) is 0 Å². The average molecular weight is 220 g/mol. The summed E-state index contributed by atoms with van der Waals surface area (Å²) in [6.45, 7) is 1.36. The number of hydrogen-bond acceptors (Lipinski definition) is 2. The summed E-state index contributed by atoms with van der Waals surface area (Å²) >= 11 is 0. The highest BCUT2D eigenvalue weighted by Crippen LogP contribution is 2.30. The molecule has 0 heterocycles. The van der Waals surface area contributed by atoms with Gasteiger partial charge in [-0.1, -0.05) is 12.1 Å². The lowest BCUT2D eigenvalue weighted by atomic mass is 10.0. The molecule has 2 unspecified atom stereocenters. The van der Waals surface area contributed by atoms with Crippen LogP contribution in [0.1, 0.15) is 24.2 Å². The first kappa shape index (κ1) is 12.0. The van der Waals surface area contributed by atoms with Gasteiger partial charge >= 0.3 is 6.18 Å². The molecule has 0 fully saturated rings. The molecule has 0 bridgehead atoms. The topological polar surface area (TPSA) is 40.5 Å². The van der Waals surface area contributed by atoms with Gasteiger partial charge in [-0.3, -0.25) is 0 Å². The first-order valence-corrected chi connectivity index (χ1v) is 4.35. The van der Waals surface area contributed by atoms with Gasteiger partial charge in [0.2, 0.25) is 0 Å². The van der Waals surface area contributed by atoms with E-state index in [1.165, 1.54) is 6.92 Å². The monoisotopic (exact) mass is 220 g/mol. The summed E-state index contributed by atoms with van der Waals surface area (Å²) in [4.78, 5) is 0. The van der Waals surface area contributed by atoms with Crippen LogP contribution in [0.2, 0.25) is 0 Å². The molecule has 2 nitrogen and oxygen atoms in total. The summed E-state index contributed by atoms with van der Waals surface area (Å²) in [7, 11) is 0. The Bertz CT molecular complexity index is 316. The predicted molar refractivity (Wildman–Crippen MR) is 48.1 cm³/mol. The van der Waals surface area contributed by atoms with Crippen molar-refractivity contribution < 1.29 is 23.4 Å². The van der Waals surface area contributed by atoms with Crippen LogP contribution < -0.4 is 0 Å². The van der Waals surface area contributed by atoms with Crippen LogP contribution in [-0.4, -0.2) is 16.3 Å². The molecular formula is C10H11F3O2. The van der Waals surface area contributed by atoms with Crippen molar-refractivity contribution >= 4 is 0 Å². The van der Waals surface area contributed by atoms with E-state index >= 15 is 0 Å². The summed E-state index contributed by atoms with van der Waals surface area (Å²) < 4.78 is 36.5. The Morgan fingerprint density at radius 1 is 1.07 bits per heavy atom. The molecule has 0 aliphatic heterocycles. The van der Waals surface area contributed by atoms with E-state index in [0.29, 0.717) is 0 Å². The molecule has 0 spiro atoms. The lowest BCUT2D eigenvalue weighted by molar-refractivity contribution is -0.137. The Kier molecular flexibility index (Phi) is 3.36. The lowest BCUT2D eigenvalue weighted by Gasteiger charge is -2.14. The molecule has 2 N–H and O–H groups in total. The zero-order chi connectivity index (χ0) is 11.6. The summed E-state index contributed by atoms with van der Waals surface area (Å²) in [5, 5.41) is 18.4. The smallest absolute Gasteiger partial charge is 0.390 e. The fourth-order valence-electron chi connectivity index (χ4n) is 1.15. The van der Waals surface area contributed by atoms with Crippen molar-refractivity contribution in [2.45, 2.75) is 25.3 Å². The maximum Gasteiger partial charge on any atom is 0.416 e. The fraction of sp³-hybridized carbons (Fsp3) is 0.400. The minimum absolute atomic E-state index is 0.262. The highest BCUT2D eigenvalue weighted by molar-refractivity contribution is 5.26. The van der Waals surface area contributed by atoms with Crippen LogP contribution in [-0.2, 0) is 6.18 Å². The molecule has 5 heteroatoms. The van der Waals surface area contributed by atoms with Gasteiger partial charge in [0.05, 0.1) is 11.7 Å². The van der Waals surface area contributed by atoms with Gasteiger partial charge in [-0.05, 0) is 24.6 Å². The van der Waals surface area contributed by atoms with Gasteiger partial charge in [0, 0.05) is 0 Å². The van der Waals surface area contributed by atoms with E-state index in [-0.39, 0.29) is 5.56 Å². The number of aliphatic hydroxyl groups is 2. The predicted octanol–water partition coefficient (Wildman–Crippen LogP) is 2.12. The van der Waals surface area contributed by atoms with E-state index in [1.54, 1.807) is 0 Å². The molecule has 2 atom stereocenters. The van der Waals surface area contributed by atoms with E-state index in [4.69, 9.17) is 5.11 Å². The first-order chi connectivity index (χ1) is 6.82. The molecule has 84 valence electrons. The Morgan fingerprint density at radius 3 is 1.87 bits per heavy atom. The molecule has 1 aromatic carbocycles. The van der Waals surface area contributed by atoms with Crippen LogP contribution in [0.25, 0.3) is 0 Å². The van der Waals surface area contributed by atoms with Gasteiger partial charge in [-0.15, -0.1) is 0 Å². The number of benzene rings is 1. The van der Waals surface area contributed by atoms with Crippen LogP contribution in [0.3, 0.4) is 0 Å². The van der Waals surface area contributed by atoms with E-state index in [9.17, 15) is 18.3 Å². The zero-order valence-corrected chi connectivity index (χ0v) is 7.99. The van der Waals surface area contributed by atoms with E-state index in [2.05, 4.69) is 0 Å². The van der Waals surface area contributed by atoms with E-state index in [0.717, 1.165) is 24.3 Å². The standard InChI is InChI=1S/C10H11F3O2/c1-6(14)9(15)7-2-4-8(5-3-7)10(11,12)13/h2-6,9,14-15H,1H3. The number of halogens is 3. The molecule has 0 radical (unpaired) electrons. The largest absolute Gasteiger partial charge is 0.416 e. The van der Waals surface area contributed by atoms with E-state index in [1.807, 2.05) is 0 Å². The quantitative estimate of drug-likeness (QED) is 0.801. The van der Waals surface area contributed by atoms with Crippen molar-refractivity contribution in [2.75, 3.05) is 0 Å². The average Bonchev–Trinajstić information content (AvgIpc) is 2.15. The molecule has 0 saturated carbocycles. The molecule has 1 aromatic rings. The van der Waals surface area contributed by atoms with Gasteiger partial charge in [0.25, 0.3) is 0 Å². The highest BCUT2D eigenvalue weighted by atomic mass is 19.4. The van der Waals surface area contributed by atoms with Crippen molar-refractivity contribution in [1.29, 1.82) is 0 Å². The van der Waals surface area contributed by atoms with Crippen LogP contribution in [0, 0.1) is 0 Å². The van der Waals surface area contributed by atoms with Gasteiger partial charge in [-0.2, -0.15) is 13.2 Å². The van der Waals surface area contributed by atoms with Crippen LogP contribution in [0.5, 0.6) is 0 Å². The van der Waals surface area contributed by atoms with Gasteiger partial charge in [0.15, 0.2) is 0 Å². The Balaban J connectivity index is 2.91. The second kappa shape index (κ2) is 4.20. The van der Waals surface area contributed by atoms with Crippen molar-refractivity contribution in [3.8, 4) is 0 Å². The summed E-state index contributed by atoms with van der Waals surface area (Å²) in [5.41, 5.74) is -0.512. The van der Waals surface area contributed by atoms with Gasteiger partial charge in [0.1, 0.15) is 6.10 Å². The van der Waals surface area contributed by atoms with Crippen molar-refractivity contribution in [1.82, 2.24) is 0 Å². The SMILES string of the molecule is CC(O)C(O)c1ccc(C(F)(F)F)cc1. The third-order valence-corrected chi connectivity index (χ3v) is 2.04. The molecule has 0 saturated heterocycles. The molecule has 15 heavy (non-hydrogen) atoms. The van der Waals surface area contributed by atoms with Crippen molar-refractivity contribution in [2.24, 2.45) is 0 Å². The first-order valence-electron chi connectivity index (χ1n) is 4.35. The number of aliphatic hydroxyl groups excluding tert-OH is 2. The number of hydrogen-bond donors (Lipinski definition) is 2. The summed E-state index contributed by atoms with van der Waals surface area (Å²) in [5.74, 6) is 0. The molecule has 0 amide bonds. The molecule has 0 aliphatic rings. The van der Waals surface area contributed by atoms with Crippen molar-refractivity contribution in [3.63, 3.8) is 0 Å². The number of alkyl halides is 3. The normalized spacial score (nSPS) is 16.1. The Morgan fingerprint density at radius 2 is 1.53 bits per heavy atom. The summed E-state index contributed by atoms with van der Waals surface area (Å²) in [6, 6.07) is 4.06. The molecular weight excluding hydrogens is 209 g/mol. The van der Waals surface area contributed by atoms with Crippen LogP contribution >= 0.6 is 0 Å². The maximum atomic E-state index is 12.2. The second-order valence-corrected chi connectivity index (χ2v) is 3.31. The Labute approximate surface area is 85.0 Å². The molecule has 0 aromatic heterocycles. The van der Waals surface area contributed by atoms with E-state index < -0.39 is 23.9 Å². The third kappa shape index (κ3) is 2.94. The van der Waals surface area contributed by atoms with Crippen LogP contribution in [0.4, 0.5) is 13.2 Å².